The third-order valence-electron chi connectivity index (χ3n) is 3.29. The number of urea groups is 1. The largest absolute Gasteiger partial charge is 0.480 e. The summed E-state index contributed by atoms with van der Waals surface area (Å²) in [4.78, 5) is 37.0. The molecule has 1 aliphatic heterocycles. The molecule has 0 aromatic carbocycles. The Bertz CT molecular complexity index is 370. The minimum atomic E-state index is -1.04. The van der Waals surface area contributed by atoms with E-state index in [1.807, 2.05) is 0 Å². The molecule has 1 unspecified atom stereocenters. The molecule has 3 amide bonds. The molecule has 7 heteroatoms. The number of nitrogens with two attached hydrogens (primary N) is 1. The number of nitrogens with zero attached hydrogens (tertiary/aromatic N) is 2. The van der Waals surface area contributed by atoms with Crippen LogP contribution in [0.5, 0.6) is 0 Å². The normalized spacial score (nSPS) is 19.3. The van der Waals surface area contributed by atoms with Gasteiger partial charge in [-0.05, 0) is 26.7 Å². The zero-order chi connectivity index (χ0) is 14.6. The highest BCUT2D eigenvalue weighted by Crippen LogP contribution is 2.19. The van der Waals surface area contributed by atoms with Crippen molar-refractivity contribution in [2.45, 2.75) is 32.7 Å². The predicted octanol–water partition coefficient (Wildman–Crippen LogP) is 0.0987. The highest BCUT2D eigenvalue weighted by Gasteiger charge is 2.32. The van der Waals surface area contributed by atoms with Crippen molar-refractivity contribution < 1.29 is 19.5 Å². The van der Waals surface area contributed by atoms with Crippen molar-refractivity contribution in [1.82, 2.24) is 9.80 Å². The second-order valence-electron chi connectivity index (χ2n) is 5.08. The van der Waals surface area contributed by atoms with Crippen LogP contribution in [0.15, 0.2) is 0 Å². The molecule has 108 valence electrons. The summed E-state index contributed by atoms with van der Waals surface area (Å²) in [7, 11) is 0. The number of carbonyl (C=O) groups excluding carboxylic acids is 2. The summed E-state index contributed by atoms with van der Waals surface area (Å²) in [5.74, 6) is -1.61. The van der Waals surface area contributed by atoms with E-state index in [2.05, 4.69) is 0 Å². The van der Waals surface area contributed by atoms with Crippen LogP contribution in [0.2, 0.25) is 0 Å². The van der Waals surface area contributed by atoms with E-state index in [0.29, 0.717) is 19.4 Å². The van der Waals surface area contributed by atoms with Crippen molar-refractivity contribution in [2.24, 2.45) is 11.7 Å². The number of primary amides is 1. The third-order valence-corrected chi connectivity index (χ3v) is 3.29. The first-order chi connectivity index (χ1) is 8.82. The Morgan fingerprint density at radius 3 is 2.53 bits per heavy atom. The zero-order valence-electron chi connectivity index (χ0n) is 11.3. The molecule has 0 bridgehead atoms. The number of hydrogen-bond acceptors (Lipinski definition) is 3. The maximum Gasteiger partial charge on any atom is 0.323 e. The lowest BCUT2D eigenvalue weighted by Crippen LogP contribution is -2.50. The number of carboxylic acid groups (broad SMARTS) is 1. The number of likely N-dealkylation sites (tertiary alicyclic amines) is 1. The van der Waals surface area contributed by atoms with Crippen LogP contribution in [-0.4, -0.2) is 58.5 Å². The minimum Gasteiger partial charge on any atom is -0.480 e. The van der Waals surface area contributed by atoms with Crippen molar-refractivity contribution in [3.63, 3.8) is 0 Å². The van der Waals surface area contributed by atoms with Crippen molar-refractivity contribution in [2.75, 3.05) is 19.6 Å². The molecule has 1 fully saturated rings. The smallest absolute Gasteiger partial charge is 0.323 e. The average Bonchev–Trinajstić information content (AvgIpc) is 2.34. The molecule has 0 spiro atoms. The van der Waals surface area contributed by atoms with Crippen LogP contribution in [0.4, 0.5) is 4.79 Å². The lowest BCUT2D eigenvalue weighted by Gasteiger charge is -2.35. The average molecular weight is 271 g/mol. The first-order valence-corrected chi connectivity index (χ1v) is 6.39. The Morgan fingerprint density at radius 1 is 1.42 bits per heavy atom. The summed E-state index contributed by atoms with van der Waals surface area (Å²) < 4.78 is 0. The van der Waals surface area contributed by atoms with Gasteiger partial charge in [-0.1, -0.05) is 0 Å². The Hall–Kier alpha value is -1.79. The first-order valence-electron chi connectivity index (χ1n) is 6.39. The van der Waals surface area contributed by atoms with E-state index >= 15 is 0 Å². The van der Waals surface area contributed by atoms with Crippen LogP contribution in [0.25, 0.3) is 0 Å². The van der Waals surface area contributed by atoms with E-state index in [-0.39, 0.29) is 31.0 Å². The number of carboxylic acids is 1. The second-order valence-corrected chi connectivity index (χ2v) is 5.08. The van der Waals surface area contributed by atoms with Gasteiger partial charge in [0.05, 0.1) is 5.92 Å². The van der Waals surface area contributed by atoms with Gasteiger partial charge in [-0.15, -0.1) is 0 Å². The predicted molar refractivity (Wildman–Crippen MR) is 68.4 cm³/mol. The Balaban J connectivity index is 2.73. The van der Waals surface area contributed by atoms with Gasteiger partial charge in [-0.3, -0.25) is 9.59 Å². The number of carbonyl (C=O) groups is 3. The van der Waals surface area contributed by atoms with Gasteiger partial charge in [0.15, 0.2) is 0 Å². The van der Waals surface area contributed by atoms with E-state index in [1.165, 1.54) is 9.80 Å². The van der Waals surface area contributed by atoms with Gasteiger partial charge in [0, 0.05) is 19.1 Å². The van der Waals surface area contributed by atoms with Gasteiger partial charge >= 0.3 is 12.0 Å². The van der Waals surface area contributed by atoms with Gasteiger partial charge in [0.2, 0.25) is 5.91 Å². The monoisotopic (exact) mass is 271 g/mol. The third kappa shape index (κ3) is 4.11. The standard InChI is InChI=1S/C12H21N3O4/c1-8(2)15(7-10(16)17)11(18)9-4-3-5-14(6-9)12(13)19/h8-9H,3-7H2,1-2H3,(H2,13,19)(H,16,17). The lowest BCUT2D eigenvalue weighted by atomic mass is 9.96. The maximum absolute atomic E-state index is 12.3. The first kappa shape index (κ1) is 15.3. The highest BCUT2D eigenvalue weighted by atomic mass is 16.4. The summed E-state index contributed by atoms with van der Waals surface area (Å²) in [6, 6.07) is -0.723. The fourth-order valence-electron chi connectivity index (χ4n) is 2.27. The Morgan fingerprint density at radius 2 is 2.05 bits per heavy atom. The number of piperidine rings is 1. The van der Waals surface area contributed by atoms with E-state index in [0.717, 1.165) is 0 Å². The van der Waals surface area contributed by atoms with E-state index in [1.54, 1.807) is 13.8 Å². The Labute approximate surface area is 112 Å². The highest BCUT2D eigenvalue weighted by molar-refractivity contribution is 5.84. The molecular formula is C12H21N3O4. The quantitative estimate of drug-likeness (QED) is 0.756. The van der Waals surface area contributed by atoms with E-state index in [4.69, 9.17) is 10.8 Å². The summed E-state index contributed by atoms with van der Waals surface area (Å²) in [5.41, 5.74) is 5.21. The summed E-state index contributed by atoms with van der Waals surface area (Å²) in [5, 5.41) is 8.84. The molecule has 1 atom stereocenters. The molecule has 1 aliphatic rings. The molecule has 0 radical (unpaired) electrons. The van der Waals surface area contributed by atoms with Crippen LogP contribution < -0.4 is 5.73 Å². The van der Waals surface area contributed by atoms with Gasteiger partial charge in [-0.25, -0.2) is 4.79 Å². The van der Waals surface area contributed by atoms with E-state index < -0.39 is 12.0 Å². The van der Waals surface area contributed by atoms with E-state index in [9.17, 15) is 14.4 Å². The molecule has 3 N–H and O–H groups in total. The fourth-order valence-corrected chi connectivity index (χ4v) is 2.27. The molecule has 1 heterocycles. The van der Waals surface area contributed by atoms with Crippen LogP contribution in [0, 0.1) is 5.92 Å². The number of hydrogen-bond donors (Lipinski definition) is 2. The minimum absolute atomic E-state index is 0.187. The van der Waals surface area contributed by atoms with Crippen molar-refractivity contribution >= 4 is 17.9 Å². The molecular weight excluding hydrogens is 250 g/mol. The Kier molecular flexibility index (Phi) is 5.14. The number of rotatable bonds is 4. The fraction of sp³-hybridized carbons (Fsp3) is 0.750. The lowest BCUT2D eigenvalue weighted by molar-refractivity contribution is -0.148. The van der Waals surface area contributed by atoms with Crippen molar-refractivity contribution in [1.29, 1.82) is 0 Å². The second kappa shape index (κ2) is 6.40. The summed E-state index contributed by atoms with van der Waals surface area (Å²) in [6.07, 6.45) is 1.36. The van der Waals surface area contributed by atoms with Gasteiger partial charge in [0.25, 0.3) is 0 Å². The summed E-state index contributed by atoms with van der Waals surface area (Å²) >= 11 is 0. The van der Waals surface area contributed by atoms with Gasteiger partial charge in [0.1, 0.15) is 6.54 Å². The van der Waals surface area contributed by atoms with Crippen molar-refractivity contribution in [3.05, 3.63) is 0 Å². The molecule has 1 saturated heterocycles. The van der Waals surface area contributed by atoms with Crippen LogP contribution in [0.3, 0.4) is 0 Å². The topological polar surface area (TPSA) is 104 Å². The number of amides is 3. The molecule has 0 aliphatic carbocycles. The van der Waals surface area contributed by atoms with Crippen LogP contribution in [0.1, 0.15) is 26.7 Å². The molecule has 0 saturated carbocycles. The maximum atomic E-state index is 12.3. The summed E-state index contributed by atoms with van der Waals surface area (Å²) in [6.45, 7) is 4.06. The van der Waals surface area contributed by atoms with Gasteiger partial charge < -0.3 is 20.6 Å². The molecule has 1 rings (SSSR count). The van der Waals surface area contributed by atoms with Crippen molar-refractivity contribution in [3.8, 4) is 0 Å². The molecule has 19 heavy (non-hydrogen) atoms. The van der Waals surface area contributed by atoms with Gasteiger partial charge in [-0.2, -0.15) is 0 Å². The SMILES string of the molecule is CC(C)N(CC(=O)O)C(=O)C1CCCN(C(N)=O)C1. The molecule has 7 nitrogen and oxygen atoms in total. The number of aliphatic carboxylic acids is 1. The van der Waals surface area contributed by atoms with Crippen LogP contribution in [-0.2, 0) is 9.59 Å². The molecule has 0 aromatic rings. The molecule has 0 aromatic heterocycles. The zero-order valence-corrected chi connectivity index (χ0v) is 11.3. The van der Waals surface area contributed by atoms with Crippen LogP contribution >= 0.6 is 0 Å².